The van der Waals surface area contributed by atoms with Crippen LogP contribution in [0.15, 0.2) is 17.8 Å². The standard InChI is InChI=1S/C10H14N4OS/c1-14-10(12-6-13-14)4-8(11)9-3-7(15-2)5-16-9/h3,5-6,8H,4,11H2,1-2H3. The number of hydrogen-bond donors (Lipinski definition) is 1. The molecule has 2 N–H and O–H groups in total. The van der Waals surface area contributed by atoms with Crippen LogP contribution in [0.1, 0.15) is 16.7 Å². The van der Waals surface area contributed by atoms with Gasteiger partial charge in [0.15, 0.2) is 0 Å². The van der Waals surface area contributed by atoms with Crippen molar-refractivity contribution in [3.05, 3.63) is 28.5 Å². The maximum atomic E-state index is 6.10. The minimum Gasteiger partial charge on any atom is -0.496 e. The Balaban J connectivity index is 2.08. The monoisotopic (exact) mass is 238 g/mol. The van der Waals surface area contributed by atoms with Crippen LogP contribution >= 0.6 is 11.3 Å². The number of ether oxygens (including phenoxy) is 1. The van der Waals surface area contributed by atoms with Crippen LogP contribution < -0.4 is 10.5 Å². The van der Waals surface area contributed by atoms with Crippen LogP contribution in [0.3, 0.4) is 0 Å². The molecule has 0 aliphatic carbocycles. The lowest BCUT2D eigenvalue weighted by molar-refractivity contribution is 0.416. The number of nitrogens with zero attached hydrogens (tertiary/aromatic N) is 3. The highest BCUT2D eigenvalue weighted by molar-refractivity contribution is 7.10. The van der Waals surface area contributed by atoms with E-state index in [1.165, 1.54) is 6.33 Å². The summed E-state index contributed by atoms with van der Waals surface area (Å²) >= 11 is 1.60. The summed E-state index contributed by atoms with van der Waals surface area (Å²) in [5.41, 5.74) is 6.10. The SMILES string of the molecule is COc1csc(C(N)Cc2ncnn2C)c1. The molecule has 1 atom stereocenters. The molecule has 2 rings (SSSR count). The van der Waals surface area contributed by atoms with Crippen LogP contribution in [0.25, 0.3) is 0 Å². The molecule has 0 aliphatic heterocycles. The molecule has 2 heterocycles. The first-order chi connectivity index (χ1) is 7.70. The van der Waals surface area contributed by atoms with Crippen molar-refractivity contribution in [1.29, 1.82) is 0 Å². The second-order valence-electron chi connectivity index (χ2n) is 3.50. The number of hydrogen-bond acceptors (Lipinski definition) is 5. The maximum Gasteiger partial charge on any atom is 0.138 e. The molecule has 0 radical (unpaired) electrons. The molecule has 1 unspecified atom stereocenters. The number of rotatable bonds is 4. The highest BCUT2D eigenvalue weighted by Gasteiger charge is 2.13. The summed E-state index contributed by atoms with van der Waals surface area (Å²) in [4.78, 5) is 5.25. The number of nitrogens with two attached hydrogens (primary N) is 1. The Morgan fingerprint density at radius 1 is 1.62 bits per heavy atom. The van der Waals surface area contributed by atoms with Gasteiger partial charge in [-0.3, -0.25) is 4.68 Å². The van der Waals surface area contributed by atoms with Gasteiger partial charge in [-0.1, -0.05) is 0 Å². The molecule has 0 saturated carbocycles. The zero-order valence-electron chi connectivity index (χ0n) is 9.25. The van der Waals surface area contributed by atoms with E-state index in [1.54, 1.807) is 23.1 Å². The number of aryl methyl sites for hydroxylation is 1. The first kappa shape index (κ1) is 11.1. The van der Waals surface area contributed by atoms with Crippen LogP contribution in [0, 0.1) is 0 Å². The molecule has 5 nitrogen and oxygen atoms in total. The van der Waals surface area contributed by atoms with E-state index < -0.39 is 0 Å². The van der Waals surface area contributed by atoms with Gasteiger partial charge in [0.05, 0.1) is 7.11 Å². The molecule has 0 fully saturated rings. The molecular formula is C10H14N4OS. The Bertz CT molecular complexity index is 465. The summed E-state index contributed by atoms with van der Waals surface area (Å²) in [6, 6.07) is 1.91. The average molecular weight is 238 g/mol. The quantitative estimate of drug-likeness (QED) is 0.867. The van der Waals surface area contributed by atoms with E-state index in [1.807, 2.05) is 18.5 Å². The first-order valence-corrected chi connectivity index (χ1v) is 5.79. The van der Waals surface area contributed by atoms with Crippen LogP contribution in [-0.4, -0.2) is 21.9 Å². The zero-order chi connectivity index (χ0) is 11.5. The Morgan fingerprint density at radius 3 is 3.00 bits per heavy atom. The van der Waals surface area contributed by atoms with Gasteiger partial charge >= 0.3 is 0 Å². The third kappa shape index (κ3) is 2.23. The normalized spacial score (nSPS) is 12.7. The second-order valence-corrected chi connectivity index (χ2v) is 4.44. The van der Waals surface area contributed by atoms with E-state index >= 15 is 0 Å². The van der Waals surface area contributed by atoms with Gasteiger partial charge in [0, 0.05) is 29.8 Å². The fraction of sp³-hybridized carbons (Fsp3) is 0.400. The smallest absolute Gasteiger partial charge is 0.138 e. The minimum atomic E-state index is -0.0585. The highest BCUT2D eigenvalue weighted by Crippen LogP contribution is 2.26. The number of thiophene rings is 1. The summed E-state index contributed by atoms with van der Waals surface area (Å²) in [5, 5.41) is 5.96. The molecule has 2 aromatic heterocycles. The van der Waals surface area contributed by atoms with Crippen LogP contribution in [0.4, 0.5) is 0 Å². The Labute approximate surface area is 97.9 Å². The third-order valence-electron chi connectivity index (χ3n) is 2.40. The van der Waals surface area contributed by atoms with Crippen LogP contribution in [0.5, 0.6) is 5.75 Å². The van der Waals surface area contributed by atoms with Gasteiger partial charge in [0.1, 0.15) is 17.9 Å². The Morgan fingerprint density at radius 2 is 2.44 bits per heavy atom. The molecule has 0 bridgehead atoms. The molecule has 86 valence electrons. The molecule has 0 amide bonds. The highest BCUT2D eigenvalue weighted by atomic mass is 32.1. The molecule has 0 aromatic carbocycles. The molecular weight excluding hydrogens is 224 g/mol. The van der Waals surface area contributed by atoms with Crippen molar-refractivity contribution in [2.24, 2.45) is 12.8 Å². The van der Waals surface area contributed by atoms with Gasteiger partial charge in [-0.25, -0.2) is 4.98 Å². The lowest BCUT2D eigenvalue weighted by atomic mass is 10.2. The van der Waals surface area contributed by atoms with Gasteiger partial charge in [-0.05, 0) is 6.07 Å². The summed E-state index contributed by atoms with van der Waals surface area (Å²) in [7, 11) is 3.52. The maximum absolute atomic E-state index is 6.10. The van der Waals surface area contributed by atoms with Crippen molar-refractivity contribution in [3.8, 4) is 5.75 Å². The Hall–Kier alpha value is -1.40. The van der Waals surface area contributed by atoms with E-state index in [4.69, 9.17) is 10.5 Å². The number of aromatic nitrogens is 3. The molecule has 6 heteroatoms. The lowest BCUT2D eigenvalue weighted by Crippen LogP contribution is -2.14. The van der Waals surface area contributed by atoms with Crippen molar-refractivity contribution in [2.75, 3.05) is 7.11 Å². The fourth-order valence-electron chi connectivity index (χ4n) is 1.44. The minimum absolute atomic E-state index is 0.0585. The molecule has 2 aromatic rings. The van der Waals surface area contributed by atoms with Crippen molar-refractivity contribution >= 4 is 11.3 Å². The second kappa shape index (κ2) is 4.63. The van der Waals surface area contributed by atoms with Gasteiger partial charge < -0.3 is 10.5 Å². The summed E-state index contributed by atoms with van der Waals surface area (Å²) in [6.45, 7) is 0. The summed E-state index contributed by atoms with van der Waals surface area (Å²) in [5.74, 6) is 1.74. The van der Waals surface area contributed by atoms with E-state index in [0.717, 1.165) is 16.5 Å². The topological polar surface area (TPSA) is 66.0 Å². The van der Waals surface area contributed by atoms with E-state index in [0.29, 0.717) is 6.42 Å². The lowest BCUT2D eigenvalue weighted by Gasteiger charge is -2.08. The predicted octanol–water partition coefficient (Wildman–Crippen LogP) is 1.13. The van der Waals surface area contributed by atoms with Gasteiger partial charge in [0.2, 0.25) is 0 Å². The van der Waals surface area contributed by atoms with Gasteiger partial charge in [-0.15, -0.1) is 11.3 Å². The fourth-order valence-corrected chi connectivity index (χ4v) is 2.30. The summed E-state index contributed by atoms with van der Waals surface area (Å²) < 4.78 is 6.87. The predicted molar refractivity (Wildman–Crippen MR) is 62.5 cm³/mol. The molecule has 0 saturated heterocycles. The van der Waals surface area contributed by atoms with Crippen LogP contribution in [0.2, 0.25) is 0 Å². The van der Waals surface area contributed by atoms with Gasteiger partial charge in [0.25, 0.3) is 0 Å². The average Bonchev–Trinajstić information content (AvgIpc) is 2.88. The van der Waals surface area contributed by atoms with Crippen molar-refractivity contribution in [3.63, 3.8) is 0 Å². The van der Waals surface area contributed by atoms with Crippen molar-refractivity contribution in [2.45, 2.75) is 12.5 Å². The van der Waals surface area contributed by atoms with E-state index in [9.17, 15) is 0 Å². The van der Waals surface area contributed by atoms with E-state index in [2.05, 4.69) is 10.1 Å². The van der Waals surface area contributed by atoms with Crippen molar-refractivity contribution < 1.29 is 4.74 Å². The largest absolute Gasteiger partial charge is 0.496 e. The first-order valence-electron chi connectivity index (χ1n) is 4.91. The molecule has 16 heavy (non-hydrogen) atoms. The van der Waals surface area contributed by atoms with Crippen molar-refractivity contribution in [1.82, 2.24) is 14.8 Å². The molecule has 0 aliphatic rings. The van der Waals surface area contributed by atoms with Crippen LogP contribution in [-0.2, 0) is 13.5 Å². The number of methoxy groups -OCH3 is 1. The van der Waals surface area contributed by atoms with E-state index in [-0.39, 0.29) is 6.04 Å². The Kier molecular flexibility index (Phi) is 3.21. The molecule has 0 spiro atoms. The van der Waals surface area contributed by atoms with Gasteiger partial charge in [-0.2, -0.15) is 5.10 Å². The summed E-state index contributed by atoms with van der Waals surface area (Å²) in [6.07, 6.45) is 2.22. The third-order valence-corrected chi connectivity index (χ3v) is 3.45. The zero-order valence-corrected chi connectivity index (χ0v) is 10.1.